The smallest absolute Gasteiger partial charge is 0.410 e. The fourth-order valence-corrected chi connectivity index (χ4v) is 6.71. The van der Waals surface area contributed by atoms with Crippen molar-refractivity contribution in [2.24, 2.45) is 0 Å². The van der Waals surface area contributed by atoms with E-state index in [2.05, 4.69) is 9.88 Å². The molecule has 0 spiro atoms. The highest BCUT2D eigenvalue weighted by molar-refractivity contribution is 7.87. The number of carbonyl (C=O) groups is 2. The maximum Gasteiger partial charge on any atom is 0.410 e. The average Bonchev–Trinajstić information content (AvgIpc) is 3.06. The summed E-state index contributed by atoms with van der Waals surface area (Å²) in [5, 5.41) is 12.1. The van der Waals surface area contributed by atoms with Crippen LogP contribution in [0, 0.1) is 10.1 Å². The quantitative estimate of drug-likeness (QED) is 0.126. The number of rotatable bonds is 10. The maximum absolute atomic E-state index is 14.0. The number of nitrogens with zero attached hydrogens (tertiary/aromatic N) is 5. The van der Waals surface area contributed by atoms with Crippen LogP contribution in [0.3, 0.4) is 0 Å². The first-order valence-electron chi connectivity index (χ1n) is 15.8. The molecular weight excluding hydrogens is 650 g/mol. The van der Waals surface area contributed by atoms with E-state index >= 15 is 0 Å². The summed E-state index contributed by atoms with van der Waals surface area (Å²) in [5.41, 5.74) is 0.882. The molecule has 0 unspecified atom stereocenters. The number of nitro benzene ring substituents is 1. The largest absolute Gasteiger partial charge is 0.444 e. The summed E-state index contributed by atoms with van der Waals surface area (Å²) in [7, 11) is -2.63. The van der Waals surface area contributed by atoms with Gasteiger partial charge in [0, 0.05) is 81.5 Å². The Morgan fingerprint density at radius 1 is 0.959 bits per heavy atom. The van der Waals surface area contributed by atoms with Gasteiger partial charge < -0.3 is 13.8 Å². The van der Waals surface area contributed by atoms with Gasteiger partial charge in [-0.1, -0.05) is 36.4 Å². The second-order valence-corrected chi connectivity index (χ2v) is 14.4. The summed E-state index contributed by atoms with van der Waals surface area (Å²) in [5.74, 6) is -0.140. The fraction of sp³-hybridized carbons (Fsp3) is 0.343. The second kappa shape index (κ2) is 14.6. The first-order valence-corrected chi connectivity index (χ1v) is 17.2. The van der Waals surface area contributed by atoms with Crippen molar-refractivity contribution >= 4 is 38.6 Å². The van der Waals surface area contributed by atoms with E-state index in [1.54, 1.807) is 74.3 Å². The van der Waals surface area contributed by atoms with Crippen LogP contribution in [-0.2, 0) is 32.6 Å². The highest BCUT2D eigenvalue weighted by Gasteiger charge is 2.34. The Balaban J connectivity index is 1.28. The van der Waals surface area contributed by atoms with E-state index in [1.807, 2.05) is 0 Å². The Labute approximate surface area is 285 Å². The minimum atomic E-state index is -4.16. The van der Waals surface area contributed by atoms with Crippen molar-refractivity contribution in [3.05, 3.63) is 106 Å². The summed E-state index contributed by atoms with van der Waals surface area (Å²) < 4.78 is 37.5. The van der Waals surface area contributed by atoms with E-state index in [9.17, 15) is 28.1 Å². The molecule has 1 fully saturated rings. The zero-order chi connectivity index (χ0) is 35.3. The highest BCUT2D eigenvalue weighted by Crippen LogP contribution is 2.26. The molecule has 3 aromatic carbocycles. The van der Waals surface area contributed by atoms with Gasteiger partial charge in [-0.2, -0.15) is 8.42 Å². The number of hydrogen-bond acceptors (Lipinski definition) is 10. The van der Waals surface area contributed by atoms with Crippen LogP contribution in [0.15, 0.2) is 90.1 Å². The Morgan fingerprint density at radius 2 is 1.61 bits per heavy atom. The molecule has 1 aliphatic heterocycles. The number of pyridine rings is 1. The number of non-ortho nitro benzene ring substituents is 1. The molecule has 0 aliphatic carbocycles. The summed E-state index contributed by atoms with van der Waals surface area (Å²) in [6.07, 6.45) is 2.61. The lowest BCUT2D eigenvalue weighted by molar-refractivity contribution is -0.384. The topological polar surface area (TPSA) is 152 Å². The Kier molecular flexibility index (Phi) is 10.5. The second-order valence-electron chi connectivity index (χ2n) is 12.9. The molecule has 2 amide bonds. The molecule has 1 aromatic heterocycles. The Morgan fingerprint density at radius 3 is 2.24 bits per heavy atom. The van der Waals surface area contributed by atoms with Crippen LogP contribution in [0.1, 0.15) is 31.9 Å². The predicted octanol–water partition coefficient (Wildman–Crippen LogP) is 5.03. The van der Waals surface area contributed by atoms with Gasteiger partial charge in [-0.15, -0.1) is 0 Å². The standard InChI is InChI=1S/C35H39N5O8S/c1-35(2,3)47-34(42)37(4)31(33(41)39-20-18-38(19-21-39)24-26-8-12-28(13-9-26)40(43)44)22-25-10-14-29(15-11-25)48-49(45,46)32-7-5-6-27-23-36-17-16-30(27)32/h5-17,23,31H,18-22,24H2,1-4H3/t31-/m0/s1. The third-order valence-electron chi connectivity index (χ3n) is 8.14. The zero-order valence-electron chi connectivity index (χ0n) is 27.8. The molecule has 0 N–H and O–H groups in total. The van der Waals surface area contributed by atoms with Gasteiger partial charge in [0.05, 0.1) is 4.92 Å². The van der Waals surface area contributed by atoms with Gasteiger partial charge in [-0.3, -0.25) is 29.7 Å². The summed E-state index contributed by atoms with van der Waals surface area (Å²) >= 11 is 0. The van der Waals surface area contributed by atoms with Gasteiger partial charge in [0.1, 0.15) is 22.3 Å². The van der Waals surface area contributed by atoms with Crippen LogP contribution in [0.4, 0.5) is 10.5 Å². The average molecular weight is 690 g/mol. The molecular formula is C35H39N5O8S. The lowest BCUT2D eigenvalue weighted by Crippen LogP contribution is -2.56. The van der Waals surface area contributed by atoms with E-state index in [0.29, 0.717) is 49.1 Å². The number of likely N-dealkylation sites (N-methyl/N-ethyl adjacent to an activating group) is 1. The lowest BCUT2D eigenvalue weighted by atomic mass is 10.0. The molecule has 1 atom stereocenters. The number of hydrogen-bond donors (Lipinski definition) is 0. The summed E-state index contributed by atoms with van der Waals surface area (Å²) in [4.78, 5) is 46.9. The number of nitro groups is 1. The number of piperazine rings is 1. The highest BCUT2D eigenvalue weighted by atomic mass is 32.2. The number of amides is 2. The maximum atomic E-state index is 14.0. The third kappa shape index (κ3) is 8.89. The van der Waals surface area contributed by atoms with Crippen LogP contribution >= 0.6 is 0 Å². The van der Waals surface area contributed by atoms with Crippen molar-refractivity contribution < 1.29 is 31.9 Å². The van der Waals surface area contributed by atoms with Crippen LogP contribution in [0.5, 0.6) is 5.75 Å². The predicted molar refractivity (Wildman–Crippen MR) is 182 cm³/mol. The third-order valence-corrected chi connectivity index (χ3v) is 9.45. The Hall–Kier alpha value is -5.08. The minimum Gasteiger partial charge on any atom is -0.444 e. The van der Waals surface area contributed by atoms with E-state index in [4.69, 9.17) is 8.92 Å². The van der Waals surface area contributed by atoms with Gasteiger partial charge in [0.15, 0.2) is 0 Å². The van der Waals surface area contributed by atoms with Crippen LogP contribution in [-0.4, -0.2) is 89.9 Å². The first-order chi connectivity index (χ1) is 23.2. The number of fused-ring (bicyclic) bond motifs is 1. The van der Waals surface area contributed by atoms with Crippen molar-refractivity contribution in [2.45, 2.75) is 50.3 Å². The zero-order valence-corrected chi connectivity index (χ0v) is 28.6. The van der Waals surface area contributed by atoms with E-state index < -0.39 is 32.8 Å². The first kappa shape index (κ1) is 35.2. The summed E-state index contributed by atoms with van der Waals surface area (Å²) in [6, 6.07) is 18.4. The molecule has 0 radical (unpaired) electrons. The molecule has 258 valence electrons. The van der Waals surface area contributed by atoms with Gasteiger partial charge >= 0.3 is 16.2 Å². The van der Waals surface area contributed by atoms with Crippen molar-refractivity contribution in [2.75, 3.05) is 33.2 Å². The Bertz CT molecular complexity index is 1920. The number of benzene rings is 3. The molecule has 0 bridgehead atoms. The monoisotopic (exact) mass is 689 g/mol. The van der Waals surface area contributed by atoms with Crippen molar-refractivity contribution in [1.29, 1.82) is 0 Å². The van der Waals surface area contributed by atoms with Gasteiger partial charge in [-0.05, 0) is 56.2 Å². The van der Waals surface area contributed by atoms with Crippen LogP contribution in [0.25, 0.3) is 10.8 Å². The van der Waals surface area contributed by atoms with Crippen molar-refractivity contribution in [3.63, 3.8) is 0 Å². The van der Waals surface area contributed by atoms with Crippen molar-refractivity contribution in [1.82, 2.24) is 19.7 Å². The number of carbonyl (C=O) groups excluding carboxylic acids is 2. The molecule has 1 aliphatic rings. The van der Waals surface area contributed by atoms with Gasteiger partial charge in [0.25, 0.3) is 5.69 Å². The fourth-order valence-electron chi connectivity index (χ4n) is 5.56. The number of aromatic nitrogens is 1. The van der Waals surface area contributed by atoms with Crippen molar-refractivity contribution in [3.8, 4) is 5.75 Å². The molecule has 5 rings (SSSR count). The van der Waals surface area contributed by atoms with Gasteiger partial charge in [-0.25, -0.2) is 4.79 Å². The van der Waals surface area contributed by atoms with E-state index in [-0.39, 0.29) is 28.7 Å². The van der Waals surface area contributed by atoms with Gasteiger partial charge in [0.2, 0.25) is 5.91 Å². The van der Waals surface area contributed by atoms with Crippen LogP contribution in [0.2, 0.25) is 0 Å². The molecule has 49 heavy (non-hydrogen) atoms. The summed E-state index contributed by atoms with van der Waals surface area (Å²) in [6.45, 7) is 7.87. The molecule has 2 heterocycles. The molecule has 13 nitrogen and oxygen atoms in total. The van der Waals surface area contributed by atoms with E-state index in [1.165, 1.54) is 48.5 Å². The normalized spacial score (nSPS) is 14.7. The number of ether oxygens (including phenoxy) is 1. The minimum absolute atomic E-state index is 0.0222. The van der Waals surface area contributed by atoms with Crippen LogP contribution < -0.4 is 4.18 Å². The molecule has 14 heteroatoms. The van der Waals surface area contributed by atoms with E-state index in [0.717, 1.165) is 5.56 Å². The molecule has 4 aromatic rings. The SMILES string of the molecule is CN(C(=O)OC(C)(C)C)[C@@H](Cc1ccc(OS(=O)(=O)c2cccc3cnccc23)cc1)C(=O)N1CCN(Cc2ccc([N+](=O)[O-])cc2)CC1. The molecule has 0 saturated carbocycles. The molecule has 1 saturated heterocycles. The lowest BCUT2D eigenvalue weighted by Gasteiger charge is -2.38.